The molecule has 0 bridgehead atoms. The first-order valence-corrected chi connectivity index (χ1v) is 9.66. The Labute approximate surface area is 156 Å². The summed E-state index contributed by atoms with van der Waals surface area (Å²) in [6.45, 7) is 0. The molecule has 0 spiro atoms. The fourth-order valence-corrected chi connectivity index (χ4v) is 4.87. The molecule has 132 valence electrons. The molecule has 1 aliphatic heterocycles. The minimum atomic E-state index is -0.923. The van der Waals surface area contributed by atoms with E-state index >= 15 is 0 Å². The molecule has 1 aliphatic rings. The summed E-state index contributed by atoms with van der Waals surface area (Å²) in [6, 6.07) is 3.26. The molecule has 2 aromatic rings. The van der Waals surface area contributed by atoms with Gasteiger partial charge >= 0.3 is 6.03 Å². The fourth-order valence-electron chi connectivity index (χ4n) is 1.96. The molecule has 13 heteroatoms. The Kier molecular flexibility index (Phi) is 4.92. The van der Waals surface area contributed by atoms with Gasteiger partial charge in [-0.25, -0.2) is 9.78 Å². The van der Waals surface area contributed by atoms with E-state index in [1.807, 2.05) is 10.6 Å². The zero-order chi connectivity index (χ0) is 18.8. The summed E-state index contributed by atoms with van der Waals surface area (Å²) in [5.74, 6) is -1.76. The standard InChI is InChI=1S/C13H7N5O5S3/c14-11-17-13(26-25-11)24-8-2-1-5(4-7(8)18(22)23)3-6-9(19)15-12(21)16-10(6)20/h1-4,14H,(H2,15,16,19,20,21). The highest BCUT2D eigenvalue weighted by Crippen LogP contribution is 2.36. The van der Waals surface area contributed by atoms with E-state index in [1.54, 1.807) is 0 Å². The number of carbonyl (C=O) groups is 3. The van der Waals surface area contributed by atoms with Crippen molar-refractivity contribution in [1.82, 2.24) is 15.6 Å². The number of urea groups is 1. The Hall–Kier alpha value is -2.90. The van der Waals surface area contributed by atoms with Crippen molar-refractivity contribution in [3.8, 4) is 0 Å². The molecular formula is C13H7N5O5S3. The monoisotopic (exact) mass is 409 g/mol. The van der Waals surface area contributed by atoms with Crippen molar-refractivity contribution in [3.05, 3.63) is 44.3 Å². The third kappa shape index (κ3) is 3.84. The Morgan fingerprint density at radius 1 is 1.19 bits per heavy atom. The fraction of sp³-hybridized carbons (Fsp3) is 0. The summed E-state index contributed by atoms with van der Waals surface area (Å²) in [5.41, 5.74) is -0.317. The number of nitrogens with one attached hydrogen (secondary N) is 3. The quantitative estimate of drug-likeness (QED) is 0.227. The predicted molar refractivity (Wildman–Crippen MR) is 92.7 cm³/mol. The second kappa shape index (κ2) is 7.15. The normalized spacial score (nSPS) is 14.0. The van der Waals surface area contributed by atoms with Crippen molar-refractivity contribution in [2.75, 3.05) is 0 Å². The highest BCUT2D eigenvalue weighted by molar-refractivity contribution is 8.02. The van der Waals surface area contributed by atoms with Crippen LogP contribution in [0.15, 0.2) is 33.0 Å². The van der Waals surface area contributed by atoms with E-state index in [0.29, 0.717) is 9.24 Å². The number of hydrogen-bond acceptors (Lipinski definition) is 10. The smallest absolute Gasteiger partial charge is 0.273 e. The molecule has 1 aromatic heterocycles. The second-order valence-corrected chi connectivity index (χ2v) is 8.13. The van der Waals surface area contributed by atoms with Gasteiger partial charge in [-0.15, -0.1) is 0 Å². The number of carbonyl (C=O) groups excluding carboxylic acids is 3. The maximum Gasteiger partial charge on any atom is 0.328 e. The highest BCUT2D eigenvalue weighted by atomic mass is 32.9. The molecule has 1 saturated heterocycles. The molecule has 0 unspecified atom stereocenters. The summed E-state index contributed by atoms with van der Waals surface area (Å²) in [5, 5.41) is 22.6. The third-order valence-electron chi connectivity index (χ3n) is 3.02. The van der Waals surface area contributed by atoms with Gasteiger partial charge < -0.3 is 0 Å². The Morgan fingerprint density at radius 3 is 2.46 bits per heavy atom. The van der Waals surface area contributed by atoms with E-state index in [9.17, 15) is 24.5 Å². The molecule has 0 radical (unpaired) electrons. The average Bonchev–Trinajstić information content (AvgIpc) is 2.97. The van der Waals surface area contributed by atoms with Crippen LogP contribution in [-0.4, -0.2) is 27.8 Å². The van der Waals surface area contributed by atoms with Gasteiger partial charge in [-0.05, 0) is 38.4 Å². The number of benzene rings is 1. The zero-order valence-electron chi connectivity index (χ0n) is 12.5. The lowest BCUT2D eigenvalue weighted by Gasteiger charge is -2.13. The van der Waals surface area contributed by atoms with Crippen LogP contribution in [0.2, 0.25) is 0 Å². The average molecular weight is 409 g/mol. The van der Waals surface area contributed by atoms with Crippen LogP contribution in [0.3, 0.4) is 0 Å². The topological polar surface area (TPSA) is 155 Å². The maximum absolute atomic E-state index is 11.7. The van der Waals surface area contributed by atoms with E-state index in [2.05, 4.69) is 4.98 Å². The predicted octanol–water partition coefficient (Wildman–Crippen LogP) is 1.49. The molecule has 0 aliphatic carbocycles. The van der Waals surface area contributed by atoms with Gasteiger partial charge in [0, 0.05) is 6.07 Å². The number of nitro benzene ring substituents is 1. The largest absolute Gasteiger partial charge is 0.328 e. The molecule has 10 nitrogen and oxygen atoms in total. The number of barbiturate groups is 1. The minimum Gasteiger partial charge on any atom is -0.273 e. The zero-order valence-corrected chi connectivity index (χ0v) is 14.9. The molecule has 3 rings (SSSR count). The van der Waals surface area contributed by atoms with Gasteiger partial charge in [0.25, 0.3) is 17.5 Å². The molecule has 2 heterocycles. The number of hydrogen-bond donors (Lipinski definition) is 3. The number of rotatable bonds is 4. The van der Waals surface area contributed by atoms with Crippen LogP contribution < -0.4 is 15.4 Å². The van der Waals surface area contributed by atoms with Crippen LogP contribution in [0.4, 0.5) is 10.5 Å². The second-order valence-electron chi connectivity index (χ2n) is 4.73. The SMILES string of the molecule is N=c1nc(Sc2ccc(C=C3C(=O)NC(=O)NC3=O)cc2[N+](=O)[O-])ss1. The summed E-state index contributed by atoms with van der Waals surface area (Å²) >= 11 is 1.05. The molecule has 0 atom stereocenters. The minimum absolute atomic E-state index is 0.116. The molecule has 3 N–H and O–H groups in total. The molecule has 1 fully saturated rings. The number of nitro groups is 1. The summed E-state index contributed by atoms with van der Waals surface area (Å²) < 4.78 is 0.499. The van der Waals surface area contributed by atoms with Crippen molar-refractivity contribution >= 4 is 62.1 Å². The van der Waals surface area contributed by atoms with Gasteiger partial charge in [0.15, 0.2) is 4.34 Å². The first kappa shape index (κ1) is 17.9. The lowest BCUT2D eigenvalue weighted by molar-refractivity contribution is -0.387. The van der Waals surface area contributed by atoms with Crippen LogP contribution in [-0.2, 0) is 9.59 Å². The molecule has 1 aromatic carbocycles. The van der Waals surface area contributed by atoms with Crippen LogP contribution in [0, 0.1) is 15.5 Å². The number of aromatic nitrogens is 1. The molecule has 0 saturated carbocycles. The van der Waals surface area contributed by atoms with Gasteiger partial charge in [0.1, 0.15) is 5.57 Å². The maximum atomic E-state index is 11.7. The number of imide groups is 2. The van der Waals surface area contributed by atoms with Crippen molar-refractivity contribution < 1.29 is 19.3 Å². The van der Waals surface area contributed by atoms with Crippen molar-refractivity contribution in [3.63, 3.8) is 0 Å². The Bertz CT molecular complexity index is 1020. The van der Waals surface area contributed by atoms with E-state index in [1.165, 1.54) is 28.5 Å². The third-order valence-corrected chi connectivity index (χ3v) is 6.43. The van der Waals surface area contributed by atoms with Gasteiger partial charge in [0.2, 0.25) is 4.80 Å². The van der Waals surface area contributed by atoms with E-state index in [4.69, 9.17) is 5.41 Å². The lowest BCUT2D eigenvalue weighted by Crippen LogP contribution is -2.51. The van der Waals surface area contributed by atoms with Crippen LogP contribution >= 0.6 is 32.4 Å². The molecular weight excluding hydrogens is 402 g/mol. The number of nitrogens with zero attached hydrogens (tertiary/aromatic N) is 2. The molecule has 4 amide bonds. The summed E-state index contributed by atoms with van der Waals surface area (Å²) in [6.07, 6.45) is 1.16. The Balaban J connectivity index is 1.96. The Morgan fingerprint density at radius 2 is 1.88 bits per heavy atom. The van der Waals surface area contributed by atoms with E-state index in [-0.39, 0.29) is 21.6 Å². The van der Waals surface area contributed by atoms with E-state index in [0.717, 1.165) is 28.2 Å². The first-order chi connectivity index (χ1) is 12.3. The van der Waals surface area contributed by atoms with Crippen LogP contribution in [0.1, 0.15) is 5.56 Å². The number of amides is 4. The highest BCUT2D eigenvalue weighted by Gasteiger charge is 2.28. The van der Waals surface area contributed by atoms with Crippen molar-refractivity contribution in [2.24, 2.45) is 0 Å². The van der Waals surface area contributed by atoms with Crippen LogP contribution in [0.5, 0.6) is 0 Å². The van der Waals surface area contributed by atoms with Crippen molar-refractivity contribution in [1.29, 1.82) is 5.41 Å². The van der Waals surface area contributed by atoms with Gasteiger partial charge in [0.05, 0.1) is 9.82 Å². The van der Waals surface area contributed by atoms with Gasteiger partial charge in [-0.1, -0.05) is 17.8 Å². The summed E-state index contributed by atoms with van der Waals surface area (Å²) in [7, 11) is 2.38. The van der Waals surface area contributed by atoms with Gasteiger partial charge in [-0.2, -0.15) is 0 Å². The lowest BCUT2D eigenvalue weighted by atomic mass is 10.1. The first-order valence-electron chi connectivity index (χ1n) is 6.70. The van der Waals surface area contributed by atoms with Crippen LogP contribution in [0.25, 0.3) is 6.08 Å². The van der Waals surface area contributed by atoms with Gasteiger partial charge in [-0.3, -0.25) is 35.7 Å². The van der Waals surface area contributed by atoms with Crippen molar-refractivity contribution in [2.45, 2.75) is 9.24 Å². The van der Waals surface area contributed by atoms with E-state index < -0.39 is 22.8 Å². The summed E-state index contributed by atoms with van der Waals surface area (Å²) in [4.78, 5) is 49.6. The molecule has 26 heavy (non-hydrogen) atoms.